The van der Waals surface area contributed by atoms with Gasteiger partial charge in [-0.05, 0) is 29.8 Å². The van der Waals surface area contributed by atoms with Gasteiger partial charge in [0.1, 0.15) is 12.4 Å². The fourth-order valence-corrected chi connectivity index (χ4v) is 2.25. The van der Waals surface area contributed by atoms with Gasteiger partial charge in [-0.1, -0.05) is 24.3 Å². The third-order valence-corrected chi connectivity index (χ3v) is 3.82. The Labute approximate surface area is 162 Å². The van der Waals surface area contributed by atoms with Crippen LogP contribution in [0.1, 0.15) is 15.9 Å². The largest absolute Gasteiger partial charge is 0.454 e. The topological polar surface area (TPSA) is 87.7 Å². The lowest BCUT2D eigenvalue weighted by Crippen LogP contribution is -2.34. The average Bonchev–Trinajstić information content (AvgIpc) is 2.69. The molecule has 0 spiro atoms. The zero-order chi connectivity index (χ0) is 20.5. The number of ether oxygens (including phenoxy) is 1. The maximum absolute atomic E-state index is 13.5. The first-order valence-electron chi connectivity index (χ1n) is 8.58. The summed E-state index contributed by atoms with van der Waals surface area (Å²) >= 11 is 0. The van der Waals surface area contributed by atoms with Crippen LogP contribution in [0.2, 0.25) is 0 Å². The fourth-order valence-electron chi connectivity index (χ4n) is 2.25. The van der Waals surface area contributed by atoms with Gasteiger partial charge >= 0.3 is 5.97 Å². The van der Waals surface area contributed by atoms with Gasteiger partial charge in [-0.2, -0.15) is 0 Å². The molecule has 0 fully saturated rings. The first-order chi connectivity index (χ1) is 13.4. The maximum atomic E-state index is 13.5. The van der Waals surface area contributed by atoms with Crippen LogP contribution in [0.4, 0.5) is 10.1 Å². The zero-order valence-electron chi connectivity index (χ0n) is 15.7. The van der Waals surface area contributed by atoms with E-state index in [2.05, 4.69) is 10.6 Å². The number of nitrogens with zero attached hydrogens (tertiary/aromatic N) is 1. The summed E-state index contributed by atoms with van der Waals surface area (Å²) in [6.07, 6.45) is 0. The van der Waals surface area contributed by atoms with Crippen LogP contribution in [-0.2, 0) is 20.9 Å². The molecule has 2 aromatic carbocycles. The Kier molecular flexibility index (Phi) is 7.50. The van der Waals surface area contributed by atoms with E-state index in [9.17, 15) is 18.8 Å². The molecule has 0 saturated heterocycles. The number of carbonyl (C=O) groups excluding carboxylic acids is 3. The summed E-state index contributed by atoms with van der Waals surface area (Å²) in [6.45, 7) is -0.634. The van der Waals surface area contributed by atoms with E-state index in [0.29, 0.717) is 6.54 Å². The van der Waals surface area contributed by atoms with Crippen molar-refractivity contribution in [3.05, 3.63) is 65.5 Å². The van der Waals surface area contributed by atoms with Gasteiger partial charge in [0, 0.05) is 26.3 Å². The van der Waals surface area contributed by atoms with Crippen LogP contribution in [0.5, 0.6) is 0 Å². The molecule has 0 atom stereocenters. The van der Waals surface area contributed by atoms with Crippen LogP contribution < -0.4 is 15.5 Å². The minimum atomic E-state index is -0.796. The van der Waals surface area contributed by atoms with E-state index in [4.69, 9.17) is 4.74 Å². The number of hydrogen-bond donors (Lipinski definition) is 2. The van der Waals surface area contributed by atoms with Crippen molar-refractivity contribution in [3.8, 4) is 0 Å². The molecular formula is C20H22FN3O4. The molecular weight excluding hydrogens is 365 g/mol. The van der Waals surface area contributed by atoms with Crippen molar-refractivity contribution in [1.29, 1.82) is 0 Å². The van der Waals surface area contributed by atoms with Crippen molar-refractivity contribution in [2.24, 2.45) is 0 Å². The van der Waals surface area contributed by atoms with Crippen LogP contribution in [-0.4, -0.2) is 45.0 Å². The Morgan fingerprint density at radius 3 is 2.32 bits per heavy atom. The molecule has 0 aliphatic carbocycles. The summed E-state index contributed by atoms with van der Waals surface area (Å²) < 4.78 is 18.3. The van der Waals surface area contributed by atoms with E-state index in [0.717, 1.165) is 17.3 Å². The van der Waals surface area contributed by atoms with Crippen LogP contribution in [0.25, 0.3) is 0 Å². The quantitative estimate of drug-likeness (QED) is 0.670. The molecule has 8 heteroatoms. The summed E-state index contributed by atoms with van der Waals surface area (Å²) in [5.41, 5.74) is 1.78. The van der Waals surface area contributed by atoms with Gasteiger partial charge < -0.3 is 20.3 Å². The Bertz CT molecular complexity index is 838. The second-order valence-corrected chi connectivity index (χ2v) is 6.16. The molecule has 0 radical (unpaired) electrons. The van der Waals surface area contributed by atoms with Crippen LogP contribution >= 0.6 is 0 Å². The highest BCUT2D eigenvalue weighted by Crippen LogP contribution is 2.11. The minimum Gasteiger partial charge on any atom is -0.454 e. The SMILES string of the molecule is CN(C)c1ccc(CNC(=O)COC(=O)CNC(=O)c2ccccc2F)cc1. The second kappa shape index (κ2) is 10.1. The summed E-state index contributed by atoms with van der Waals surface area (Å²) in [4.78, 5) is 37.2. The van der Waals surface area contributed by atoms with Gasteiger partial charge in [0.15, 0.2) is 6.61 Å². The number of benzene rings is 2. The zero-order valence-corrected chi connectivity index (χ0v) is 15.7. The van der Waals surface area contributed by atoms with Gasteiger partial charge in [0.2, 0.25) is 0 Å². The molecule has 148 valence electrons. The van der Waals surface area contributed by atoms with Crippen LogP contribution in [0, 0.1) is 5.82 Å². The van der Waals surface area contributed by atoms with Crippen molar-refractivity contribution in [3.63, 3.8) is 0 Å². The summed E-state index contributed by atoms with van der Waals surface area (Å²) in [5, 5.41) is 4.88. The molecule has 0 saturated carbocycles. The van der Waals surface area contributed by atoms with Crippen molar-refractivity contribution in [2.45, 2.75) is 6.54 Å². The molecule has 0 aliphatic heterocycles. The molecule has 0 aliphatic rings. The first kappa shape index (κ1) is 20.9. The van der Waals surface area contributed by atoms with E-state index in [1.165, 1.54) is 18.2 Å². The van der Waals surface area contributed by atoms with E-state index >= 15 is 0 Å². The van der Waals surface area contributed by atoms with E-state index in [1.807, 2.05) is 43.3 Å². The standard InChI is InChI=1S/C20H22FN3O4/c1-24(2)15-9-7-14(8-10-15)11-22-18(25)13-28-19(26)12-23-20(27)16-5-3-4-6-17(16)21/h3-10H,11-13H2,1-2H3,(H,22,25)(H,23,27). The number of nitrogens with one attached hydrogen (secondary N) is 2. The molecule has 0 bridgehead atoms. The average molecular weight is 387 g/mol. The normalized spacial score (nSPS) is 10.1. The third-order valence-electron chi connectivity index (χ3n) is 3.82. The summed E-state index contributed by atoms with van der Waals surface area (Å²) in [7, 11) is 3.87. The lowest BCUT2D eigenvalue weighted by molar-refractivity contribution is -0.147. The third kappa shape index (κ3) is 6.39. The van der Waals surface area contributed by atoms with Gasteiger partial charge in [-0.3, -0.25) is 14.4 Å². The number of hydrogen-bond acceptors (Lipinski definition) is 5. The molecule has 2 rings (SSSR count). The summed E-state index contributed by atoms with van der Waals surface area (Å²) in [5.74, 6) is -2.69. The van der Waals surface area contributed by atoms with Gasteiger partial charge in [0.25, 0.3) is 11.8 Å². The van der Waals surface area contributed by atoms with Gasteiger partial charge in [-0.25, -0.2) is 4.39 Å². The molecule has 28 heavy (non-hydrogen) atoms. The first-order valence-corrected chi connectivity index (χ1v) is 8.58. The Balaban J connectivity index is 1.68. The molecule has 0 unspecified atom stereocenters. The van der Waals surface area contributed by atoms with Gasteiger partial charge in [-0.15, -0.1) is 0 Å². The van der Waals surface area contributed by atoms with E-state index < -0.39 is 36.8 Å². The highest BCUT2D eigenvalue weighted by molar-refractivity contribution is 5.96. The number of halogens is 1. The lowest BCUT2D eigenvalue weighted by atomic mass is 10.2. The molecule has 2 N–H and O–H groups in total. The Morgan fingerprint density at radius 1 is 1.00 bits per heavy atom. The lowest BCUT2D eigenvalue weighted by Gasteiger charge is -2.13. The Morgan fingerprint density at radius 2 is 1.68 bits per heavy atom. The maximum Gasteiger partial charge on any atom is 0.325 e. The second-order valence-electron chi connectivity index (χ2n) is 6.16. The highest BCUT2D eigenvalue weighted by atomic mass is 19.1. The molecule has 7 nitrogen and oxygen atoms in total. The van der Waals surface area contributed by atoms with Crippen molar-refractivity contribution >= 4 is 23.5 Å². The van der Waals surface area contributed by atoms with Gasteiger partial charge in [0.05, 0.1) is 5.56 Å². The Hall–Kier alpha value is -3.42. The number of carbonyl (C=O) groups is 3. The molecule has 2 aromatic rings. The number of amides is 2. The van der Waals surface area contributed by atoms with Crippen molar-refractivity contribution in [2.75, 3.05) is 32.1 Å². The predicted octanol–water partition coefficient (Wildman–Crippen LogP) is 1.48. The summed E-state index contributed by atoms with van der Waals surface area (Å²) in [6, 6.07) is 13.0. The minimum absolute atomic E-state index is 0.173. The van der Waals surface area contributed by atoms with Crippen LogP contribution in [0.3, 0.4) is 0 Å². The van der Waals surface area contributed by atoms with Crippen molar-refractivity contribution < 1.29 is 23.5 Å². The van der Waals surface area contributed by atoms with E-state index in [1.54, 1.807) is 0 Å². The highest BCUT2D eigenvalue weighted by Gasteiger charge is 2.13. The van der Waals surface area contributed by atoms with Crippen molar-refractivity contribution in [1.82, 2.24) is 10.6 Å². The number of anilines is 1. The number of rotatable bonds is 8. The van der Waals surface area contributed by atoms with Crippen LogP contribution in [0.15, 0.2) is 48.5 Å². The smallest absolute Gasteiger partial charge is 0.325 e. The molecule has 2 amide bonds. The number of esters is 1. The van der Waals surface area contributed by atoms with E-state index in [-0.39, 0.29) is 5.56 Å². The monoisotopic (exact) mass is 387 g/mol. The predicted molar refractivity (Wildman–Crippen MR) is 102 cm³/mol. The molecule has 0 aromatic heterocycles. The fraction of sp³-hybridized carbons (Fsp3) is 0.250. The molecule has 0 heterocycles.